The van der Waals surface area contributed by atoms with Crippen LogP contribution in [0.2, 0.25) is 0 Å². The zero-order chi connectivity index (χ0) is 11.1. The van der Waals surface area contributed by atoms with Gasteiger partial charge in [0.1, 0.15) is 0 Å². The van der Waals surface area contributed by atoms with Crippen molar-refractivity contribution in [1.29, 1.82) is 0 Å². The Morgan fingerprint density at radius 2 is 2.20 bits per heavy atom. The second-order valence-electron chi connectivity index (χ2n) is 5.20. The number of amides is 1. The highest BCUT2D eigenvalue weighted by atomic mass is 16.3. The topological polar surface area (TPSA) is 52.6 Å². The van der Waals surface area contributed by atoms with E-state index >= 15 is 0 Å². The average molecular weight is 212 g/mol. The fourth-order valence-corrected chi connectivity index (χ4v) is 2.55. The van der Waals surface area contributed by atoms with Gasteiger partial charge in [0, 0.05) is 24.7 Å². The van der Waals surface area contributed by atoms with Crippen molar-refractivity contribution in [3.05, 3.63) is 0 Å². The van der Waals surface area contributed by atoms with E-state index in [1.54, 1.807) is 0 Å². The number of rotatable bonds is 3. The monoisotopic (exact) mass is 212 g/mol. The van der Waals surface area contributed by atoms with E-state index < -0.39 is 0 Å². The van der Waals surface area contributed by atoms with Crippen LogP contribution in [0.3, 0.4) is 0 Å². The quantitative estimate of drug-likeness (QED) is 0.698. The Bertz CT molecular complexity index is 261. The summed E-state index contributed by atoms with van der Waals surface area (Å²) >= 11 is 0. The third-order valence-corrected chi connectivity index (χ3v) is 3.38. The standard InChI is InChI=1S/C11H20N2O2/c1-11(2)7-12-10(15)9(5-6-14)13(11)8-3-4-8/h8-9,14H,3-7H2,1-2H3,(H,12,15). The molecule has 4 heteroatoms. The van der Waals surface area contributed by atoms with Crippen molar-refractivity contribution in [1.82, 2.24) is 10.2 Å². The predicted octanol–water partition coefficient (Wildman–Crippen LogP) is 0.110. The van der Waals surface area contributed by atoms with Crippen molar-refractivity contribution < 1.29 is 9.90 Å². The highest BCUT2D eigenvalue weighted by Crippen LogP contribution is 2.36. The molecule has 0 aromatic heterocycles. The Morgan fingerprint density at radius 1 is 1.53 bits per heavy atom. The lowest BCUT2D eigenvalue weighted by atomic mass is 9.94. The summed E-state index contributed by atoms with van der Waals surface area (Å²) in [5, 5.41) is 11.9. The zero-order valence-electron chi connectivity index (χ0n) is 9.49. The molecule has 86 valence electrons. The third-order valence-electron chi connectivity index (χ3n) is 3.38. The first-order valence-electron chi connectivity index (χ1n) is 5.73. The van der Waals surface area contributed by atoms with Gasteiger partial charge in [-0.1, -0.05) is 0 Å². The Hall–Kier alpha value is -0.610. The second kappa shape index (κ2) is 3.76. The smallest absolute Gasteiger partial charge is 0.237 e. The SMILES string of the molecule is CC1(C)CNC(=O)C(CCO)N1C1CC1. The van der Waals surface area contributed by atoms with Gasteiger partial charge in [-0.05, 0) is 33.1 Å². The molecule has 2 rings (SSSR count). The van der Waals surface area contributed by atoms with Crippen molar-refractivity contribution >= 4 is 5.91 Å². The van der Waals surface area contributed by atoms with Crippen LogP contribution >= 0.6 is 0 Å². The fraction of sp³-hybridized carbons (Fsp3) is 0.909. The number of aliphatic hydroxyl groups excluding tert-OH is 1. The minimum atomic E-state index is -0.133. The molecule has 2 N–H and O–H groups in total. The molecule has 1 amide bonds. The molecule has 0 radical (unpaired) electrons. The normalized spacial score (nSPS) is 31.4. The minimum Gasteiger partial charge on any atom is -0.396 e. The number of nitrogens with zero attached hydrogens (tertiary/aromatic N) is 1. The first-order valence-corrected chi connectivity index (χ1v) is 5.73. The van der Waals surface area contributed by atoms with Crippen LogP contribution in [0.1, 0.15) is 33.1 Å². The molecule has 1 saturated heterocycles. The fourth-order valence-electron chi connectivity index (χ4n) is 2.55. The van der Waals surface area contributed by atoms with Crippen molar-refractivity contribution in [2.24, 2.45) is 0 Å². The van der Waals surface area contributed by atoms with E-state index in [4.69, 9.17) is 5.11 Å². The molecule has 1 saturated carbocycles. The molecule has 15 heavy (non-hydrogen) atoms. The second-order valence-corrected chi connectivity index (χ2v) is 5.20. The van der Waals surface area contributed by atoms with E-state index in [0.717, 1.165) is 0 Å². The summed E-state index contributed by atoms with van der Waals surface area (Å²) in [5.74, 6) is 0.0790. The Balaban J connectivity index is 2.17. The summed E-state index contributed by atoms with van der Waals surface area (Å²) in [6, 6.07) is 0.425. The molecule has 1 aliphatic carbocycles. The number of piperazine rings is 1. The number of hydrogen-bond donors (Lipinski definition) is 2. The summed E-state index contributed by atoms with van der Waals surface area (Å²) in [7, 11) is 0. The van der Waals surface area contributed by atoms with Gasteiger partial charge in [-0.25, -0.2) is 0 Å². The minimum absolute atomic E-state index is 0.0227. The summed E-state index contributed by atoms with van der Waals surface area (Å²) in [5.41, 5.74) is 0.0227. The van der Waals surface area contributed by atoms with E-state index in [-0.39, 0.29) is 24.1 Å². The van der Waals surface area contributed by atoms with Crippen molar-refractivity contribution in [3.63, 3.8) is 0 Å². The van der Waals surface area contributed by atoms with Gasteiger partial charge in [0.25, 0.3) is 0 Å². The number of nitrogens with one attached hydrogen (secondary N) is 1. The van der Waals surface area contributed by atoms with Gasteiger partial charge >= 0.3 is 0 Å². The summed E-state index contributed by atoms with van der Waals surface area (Å²) in [6.45, 7) is 5.12. The maximum absolute atomic E-state index is 11.8. The molecule has 4 nitrogen and oxygen atoms in total. The zero-order valence-corrected chi connectivity index (χ0v) is 9.49. The molecule has 0 aromatic carbocycles. The molecular formula is C11H20N2O2. The van der Waals surface area contributed by atoms with Crippen LogP contribution < -0.4 is 5.32 Å². The lowest BCUT2D eigenvalue weighted by Gasteiger charge is -2.47. The number of hydrogen-bond acceptors (Lipinski definition) is 3. The highest BCUT2D eigenvalue weighted by molar-refractivity contribution is 5.83. The van der Waals surface area contributed by atoms with Crippen LogP contribution in [-0.4, -0.2) is 46.7 Å². The maximum atomic E-state index is 11.8. The van der Waals surface area contributed by atoms with E-state index in [9.17, 15) is 4.79 Å². The van der Waals surface area contributed by atoms with Crippen LogP contribution in [-0.2, 0) is 4.79 Å². The number of carbonyl (C=O) groups is 1. The van der Waals surface area contributed by atoms with Crippen LogP contribution in [0.5, 0.6) is 0 Å². The van der Waals surface area contributed by atoms with E-state index in [0.29, 0.717) is 19.0 Å². The molecular weight excluding hydrogens is 192 g/mol. The van der Waals surface area contributed by atoms with Crippen LogP contribution in [0.15, 0.2) is 0 Å². The molecule has 1 atom stereocenters. The van der Waals surface area contributed by atoms with E-state index in [1.165, 1.54) is 12.8 Å². The summed E-state index contributed by atoms with van der Waals surface area (Å²) < 4.78 is 0. The van der Waals surface area contributed by atoms with Gasteiger partial charge in [0.15, 0.2) is 0 Å². The van der Waals surface area contributed by atoms with Crippen LogP contribution in [0.4, 0.5) is 0 Å². The molecule has 2 aliphatic rings. The average Bonchev–Trinajstić information content (AvgIpc) is 2.95. The van der Waals surface area contributed by atoms with Crippen LogP contribution in [0.25, 0.3) is 0 Å². The lowest BCUT2D eigenvalue weighted by molar-refractivity contribution is -0.135. The molecule has 0 spiro atoms. The van der Waals surface area contributed by atoms with Crippen LogP contribution in [0, 0.1) is 0 Å². The van der Waals surface area contributed by atoms with E-state index in [1.807, 2.05) is 0 Å². The molecule has 0 aromatic rings. The van der Waals surface area contributed by atoms with Crippen molar-refractivity contribution in [2.45, 2.75) is 50.7 Å². The number of carbonyl (C=O) groups excluding carboxylic acids is 1. The lowest BCUT2D eigenvalue weighted by Crippen LogP contribution is -2.66. The van der Waals surface area contributed by atoms with Crippen molar-refractivity contribution in [2.75, 3.05) is 13.2 Å². The highest BCUT2D eigenvalue weighted by Gasteiger charge is 2.47. The molecule has 1 unspecified atom stereocenters. The predicted molar refractivity (Wildman–Crippen MR) is 57.4 cm³/mol. The molecule has 1 heterocycles. The molecule has 1 aliphatic heterocycles. The largest absolute Gasteiger partial charge is 0.396 e. The van der Waals surface area contributed by atoms with Gasteiger partial charge < -0.3 is 10.4 Å². The van der Waals surface area contributed by atoms with E-state index in [2.05, 4.69) is 24.1 Å². The van der Waals surface area contributed by atoms with Gasteiger partial charge in [0.05, 0.1) is 6.04 Å². The van der Waals surface area contributed by atoms with Gasteiger partial charge in [-0.3, -0.25) is 9.69 Å². The first-order chi connectivity index (χ1) is 7.06. The number of aliphatic hydroxyl groups is 1. The first kappa shape index (κ1) is 10.9. The summed E-state index contributed by atoms with van der Waals surface area (Å²) in [4.78, 5) is 14.1. The molecule has 2 fully saturated rings. The van der Waals surface area contributed by atoms with Crippen molar-refractivity contribution in [3.8, 4) is 0 Å². The summed E-state index contributed by atoms with van der Waals surface area (Å²) in [6.07, 6.45) is 2.93. The maximum Gasteiger partial charge on any atom is 0.237 e. The van der Waals surface area contributed by atoms with Gasteiger partial charge in [-0.15, -0.1) is 0 Å². The Kier molecular flexibility index (Phi) is 2.73. The third kappa shape index (κ3) is 2.01. The van der Waals surface area contributed by atoms with Gasteiger partial charge in [-0.2, -0.15) is 0 Å². The Labute approximate surface area is 90.6 Å². The van der Waals surface area contributed by atoms with Gasteiger partial charge in [0.2, 0.25) is 5.91 Å². The Morgan fingerprint density at radius 3 is 2.73 bits per heavy atom. The molecule has 0 bridgehead atoms.